The highest BCUT2D eigenvalue weighted by molar-refractivity contribution is 6.31. The van der Waals surface area contributed by atoms with Crippen LogP contribution in [0.4, 0.5) is 33.3 Å². The third kappa shape index (κ3) is 8.06. The summed E-state index contributed by atoms with van der Waals surface area (Å²) in [6.07, 6.45) is -5.01. The van der Waals surface area contributed by atoms with E-state index in [1.54, 1.807) is 6.92 Å². The van der Waals surface area contributed by atoms with Crippen molar-refractivity contribution in [2.24, 2.45) is 0 Å². The van der Waals surface area contributed by atoms with Gasteiger partial charge in [-0.2, -0.15) is 5.10 Å². The van der Waals surface area contributed by atoms with Crippen LogP contribution in [0.15, 0.2) is 48.7 Å². The van der Waals surface area contributed by atoms with Crippen LogP contribution >= 0.6 is 11.6 Å². The van der Waals surface area contributed by atoms with Crippen LogP contribution < -0.4 is 9.80 Å². The highest BCUT2D eigenvalue weighted by atomic mass is 35.5. The molecule has 45 heavy (non-hydrogen) atoms. The maximum absolute atomic E-state index is 14.2. The second kappa shape index (κ2) is 14.3. The number of esters is 1. The van der Waals surface area contributed by atoms with Crippen molar-refractivity contribution < 1.29 is 36.2 Å². The van der Waals surface area contributed by atoms with Gasteiger partial charge in [0.05, 0.1) is 25.5 Å². The molecule has 0 bridgehead atoms. The lowest BCUT2D eigenvalue weighted by Gasteiger charge is -2.37. The molecule has 8 nitrogen and oxygen atoms in total. The second-order valence-corrected chi connectivity index (χ2v) is 11.4. The first-order valence-corrected chi connectivity index (χ1v) is 15.3. The van der Waals surface area contributed by atoms with E-state index < -0.39 is 24.5 Å². The smallest absolute Gasteiger partial charge is 0.462 e. The average molecular weight is 656 g/mol. The van der Waals surface area contributed by atoms with Gasteiger partial charge in [0, 0.05) is 67.8 Å². The minimum absolute atomic E-state index is 0.0727. The van der Waals surface area contributed by atoms with Gasteiger partial charge in [0.1, 0.15) is 11.3 Å². The molecule has 3 aromatic rings. The predicted molar refractivity (Wildman–Crippen MR) is 161 cm³/mol. The van der Waals surface area contributed by atoms with E-state index in [0.29, 0.717) is 50.7 Å². The highest BCUT2D eigenvalue weighted by Crippen LogP contribution is 2.38. The second-order valence-electron chi connectivity index (χ2n) is 11.0. The van der Waals surface area contributed by atoms with E-state index in [0.717, 1.165) is 35.1 Å². The first-order valence-electron chi connectivity index (χ1n) is 14.9. The number of alkyl halides is 5. The molecule has 0 radical (unpaired) electrons. The van der Waals surface area contributed by atoms with Crippen molar-refractivity contribution in [1.29, 1.82) is 0 Å². The zero-order valence-corrected chi connectivity index (χ0v) is 25.5. The molecule has 3 heterocycles. The molecule has 14 heteroatoms. The van der Waals surface area contributed by atoms with Crippen molar-refractivity contribution >= 4 is 28.9 Å². The molecule has 2 aliphatic rings. The van der Waals surface area contributed by atoms with Gasteiger partial charge in [0.2, 0.25) is 0 Å². The summed E-state index contributed by atoms with van der Waals surface area (Å²) in [5.74, 6) is -0.815. The van der Waals surface area contributed by atoms with Crippen LogP contribution in [-0.2, 0) is 9.47 Å². The number of nitrogens with zero attached hydrogens (tertiary/aromatic N) is 5. The minimum Gasteiger partial charge on any atom is -0.462 e. The van der Waals surface area contributed by atoms with E-state index in [-0.39, 0.29) is 31.4 Å². The molecule has 5 rings (SSSR count). The molecular formula is C31H35ClF5N5O3. The van der Waals surface area contributed by atoms with E-state index in [1.807, 2.05) is 47.4 Å². The standard InChI is InChI=1S/C31H35ClF5N5O3/c1-2-44-30(43)26-19-38-42(28(26)29(33)34)24-4-3-11-41(20-24)27-18-22(32)7-10-25(27)21-5-8-23(9-6-21)40-14-12-39(13-15-40)16-17-45-31(35,36)37/h5-10,18-19,24,29H,2-4,11-17,20H2,1H3. The Morgan fingerprint density at radius 2 is 1.78 bits per heavy atom. The number of benzene rings is 2. The number of aromatic nitrogens is 2. The average Bonchev–Trinajstić information content (AvgIpc) is 3.47. The number of hydrogen-bond donors (Lipinski definition) is 0. The van der Waals surface area contributed by atoms with Gasteiger partial charge in [-0.1, -0.05) is 29.8 Å². The fourth-order valence-corrected chi connectivity index (χ4v) is 6.17. The van der Waals surface area contributed by atoms with Crippen LogP contribution in [0.2, 0.25) is 5.02 Å². The quantitative estimate of drug-likeness (QED) is 0.176. The first kappa shape index (κ1) is 33.0. The Hall–Kier alpha value is -3.42. The topological polar surface area (TPSA) is 63.1 Å². The Kier molecular flexibility index (Phi) is 10.5. The van der Waals surface area contributed by atoms with E-state index in [2.05, 4.69) is 19.6 Å². The first-order chi connectivity index (χ1) is 21.5. The third-order valence-electron chi connectivity index (χ3n) is 8.17. The number of piperazine rings is 1. The molecule has 2 saturated heterocycles. The van der Waals surface area contributed by atoms with Crippen LogP contribution in [0.25, 0.3) is 11.1 Å². The number of carbonyl (C=O) groups excluding carboxylic acids is 1. The Morgan fingerprint density at radius 1 is 1.04 bits per heavy atom. The van der Waals surface area contributed by atoms with Crippen molar-refractivity contribution in [3.8, 4) is 11.1 Å². The molecule has 0 aliphatic carbocycles. The number of halogens is 6. The zero-order valence-electron chi connectivity index (χ0n) is 24.8. The molecule has 1 unspecified atom stereocenters. The molecule has 0 amide bonds. The normalized spacial score (nSPS) is 18.1. The maximum atomic E-state index is 14.2. The number of piperidine rings is 1. The van der Waals surface area contributed by atoms with Crippen molar-refractivity contribution in [3.05, 3.63) is 64.9 Å². The van der Waals surface area contributed by atoms with E-state index in [9.17, 15) is 26.7 Å². The SMILES string of the molecule is CCOC(=O)c1cnn(C2CCCN(c3cc(Cl)ccc3-c3ccc(N4CCN(CCOC(F)(F)F)CC4)cc3)C2)c1C(F)F. The Bertz CT molecular complexity index is 1440. The van der Waals surface area contributed by atoms with Crippen LogP contribution in [-0.4, -0.2) is 86.0 Å². The molecule has 0 saturated carbocycles. The number of rotatable bonds is 10. The van der Waals surface area contributed by atoms with E-state index in [1.165, 1.54) is 4.68 Å². The van der Waals surface area contributed by atoms with Crippen LogP contribution in [0.5, 0.6) is 0 Å². The monoisotopic (exact) mass is 655 g/mol. The third-order valence-corrected chi connectivity index (χ3v) is 8.40. The molecule has 2 fully saturated rings. The lowest BCUT2D eigenvalue weighted by atomic mass is 9.99. The predicted octanol–water partition coefficient (Wildman–Crippen LogP) is 6.82. The van der Waals surface area contributed by atoms with Gasteiger partial charge >= 0.3 is 12.3 Å². The van der Waals surface area contributed by atoms with Gasteiger partial charge in [0.25, 0.3) is 6.43 Å². The minimum atomic E-state index is -4.61. The summed E-state index contributed by atoms with van der Waals surface area (Å²) in [6, 6.07) is 13.3. The summed E-state index contributed by atoms with van der Waals surface area (Å²) in [5.41, 5.74) is 3.11. The Morgan fingerprint density at radius 3 is 2.44 bits per heavy atom. The van der Waals surface area contributed by atoms with Crippen molar-refractivity contribution in [1.82, 2.24) is 14.7 Å². The summed E-state index contributed by atoms with van der Waals surface area (Å²) in [5, 5.41) is 4.74. The molecule has 0 N–H and O–H groups in total. The fourth-order valence-electron chi connectivity index (χ4n) is 6.00. The summed E-state index contributed by atoms with van der Waals surface area (Å²) in [4.78, 5) is 18.6. The molecular weight excluding hydrogens is 621 g/mol. The number of hydrogen-bond acceptors (Lipinski definition) is 7. The van der Waals surface area contributed by atoms with Gasteiger partial charge < -0.3 is 14.5 Å². The molecule has 1 aromatic heterocycles. The van der Waals surface area contributed by atoms with Gasteiger partial charge in [-0.3, -0.25) is 14.3 Å². The maximum Gasteiger partial charge on any atom is 0.522 e. The van der Waals surface area contributed by atoms with E-state index >= 15 is 0 Å². The largest absolute Gasteiger partial charge is 0.522 e. The summed E-state index contributed by atoms with van der Waals surface area (Å²) >= 11 is 6.44. The van der Waals surface area contributed by atoms with Crippen molar-refractivity contribution in [2.45, 2.75) is 38.6 Å². The van der Waals surface area contributed by atoms with Gasteiger partial charge in [-0.25, -0.2) is 13.6 Å². The van der Waals surface area contributed by atoms with Gasteiger partial charge in [-0.15, -0.1) is 13.2 Å². The molecule has 1 atom stereocenters. The number of anilines is 2. The highest BCUT2D eigenvalue weighted by Gasteiger charge is 2.32. The lowest BCUT2D eigenvalue weighted by Crippen LogP contribution is -2.47. The van der Waals surface area contributed by atoms with Crippen LogP contribution in [0.3, 0.4) is 0 Å². The van der Waals surface area contributed by atoms with Crippen LogP contribution in [0, 0.1) is 0 Å². The molecule has 244 valence electrons. The summed E-state index contributed by atoms with van der Waals surface area (Å²) < 4.78 is 75.3. The Labute approximate surface area is 263 Å². The summed E-state index contributed by atoms with van der Waals surface area (Å²) in [7, 11) is 0. The Balaban J connectivity index is 1.29. The number of ether oxygens (including phenoxy) is 2. The fraction of sp³-hybridized carbons (Fsp3) is 0.484. The molecule has 2 aromatic carbocycles. The van der Waals surface area contributed by atoms with Crippen molar-refractivity contribution in [3.63, 3.8) is 0 Å². The molecule has 2 aliphatic heterocycles. The van der Waals surface area contributed by atoms with Crippen molar-refractivity contribution in [2.75, 3.05) is 68.8 Å². The van der Waals surface area contributed by atoms with Crippen LogP contribution in [0.1, 0.15) is 48.3 Å². The van der Waals surface area contributed by atoms with Gasteiger partial charge in [-0.05, 0) is 49.6 Å². The number of carbonyl (C=O) groups is 1. The zero-order chi connectivity index (χ0) is 32.1. The van der Waals surface area contributed by atoms with E-state index in [4.69, 9.17) is 16.3 Å². The lowest BCUT2D eigenvalue weighted by molar-refractivity contribution is -0.325. The van der Waals surface area contributed by atoms with Gasteiger partial charge in [0.15, 0.2) is 0 Å². The summed E-state index contributed by atoms with van der Waals surface area (Å²) in [6.45, 7) is 5.23. The molecule has 0 spiro atoms.